The van der Waals surface area contributed by atoms with E-state index in [4.69, 9.17) is 5.11 Å². The Kier molecular flexibility index (Phi) is 5.32. The van der Waals surface area contributed by atoms with Gasteiger partial charge in [0.25, 0.3) is 0 Å². The van der Waals surface area contributed by atoms with Crippen LogP contribution in [0.25, 0.3) is 0 Å². The lowest BCUT2D eigenvalue weighted by atomic mass is 10.3. The van der Waals surface area contributed by atoms with Crippen LogP contribution in [0.15, 0.2) is 0 Å². The van der Waals surface area contributed by atoms with Gasteiger partial charge in [0.2, 0.25) is 0 Å². The molecule has 0 saturated heterocycles. The lowest BCUT2D eigenvalue weighted by molar-refractivity contribution is -0.148. The first kappa shape index (κ1) is 12.7. The maximum Gasteiger partial charge on any atom is 0.401 e. The van der Waals surface area contributed by atoms with Crippen LogP contribution in [0.3, 0.4) is 0 Å². The van der Waals surface area contributed by atoms with E-state index in [1.165, 1.54) is 11.8 Å². The monoisotopic (exact) mass is 199 g/mol. The summed E-state index contributed by atoms with van der Waals surface area (Å²) in [5.41, 5.74) is 0. The van der Waals surface area contributed by atoms with Crippen LogP contribution in [0, 0.1) is 0 Å². The van der Waals surface area contributed by atoms with Gasteiger partial charge in [-0.25, -0.2) is 0 Å². The van der Waals surface area contributed by atoms with Gasteiger partial charge < -0.3 is 5.11 Å². The Morgan fingerprint density at radius 1 is 1.38 bits per heavy atom. The van der Waals surface area contributed by atoms with Crippen LogP contribution >= 0.6 is 0 Å². The molecule has 0 radical (unpaired) electrons. The molecule has 1 N–H and O–H groups in total. The lowest BCUT2D eigenvalue weighted by Crippen LogP contribution is -2.38. The number of nitrogens with zero attached hydrogens (tertiary/aromatic N) is 1. The third-order valence-corrected chi connectivity index (χ3v) is 1.47. The Hall–Kier alpha value is -0.290. The van der Waals surface area contributed by atoms with Crippen molar-refractivity contribution >= 4 is 0 Å². The Bertz CT molecular complexity index is 136. The Labute approximate surface area is 76.3 Å². The van der Waals surface area contributed by atoms with E-state index in [2.05, 4.69) is 0 Å². The minimum atomic E-state index is -4.18. The molecule has 0 rings (SSSR count). The number of hydrogen-bond acceptors (Lipinski definition) is 2. The summed E-state index contributed by atoms with van der Waals surface area (Å²) in [5, 5.41) is 8.94. The van der Waals surface area contributed by atoms with Crippen LogP contribution in [0.5, 0.6) is 0 Å². The molecule has 0 aromatic rings. The smallest absolute Gasteiger partial charge is 0.392 e. The van der Waals surface area contributed by atoms with Gasteiger partial charge in [0, 0.05) is 6.54 Å². The first-order valence-electron chi connectivity index (χ1n) is 4.32. The molecule has 0 fully saturated rings. The first-order chi connectivity index (χ1) is 5.85. The highest BCUT2D eigenvalue weighted by molar-refractivity contribution is 4.65. The van der Waals surface area contributed by atoms with E-state index in [1.807, 2.05) is 6.92 Å². The van der Waals surface area contributed by atoms with E-state index >= 15 is 0 Å². The fourth-order valence-corrected chi connectivity index (χ4v) is 1.18. The van der Waals surface area contributed by atoms with Crippen LogP contribution in [0.4, 0.5) is 13.2 Å². The molecule has 0 aliphatic heterocycles. The van der Waals surface area contributed by atoms with Gasteiger partial charge in [-0.05, 0) is 19.9 Å². The molecule has 0 spiro atoms. The molecule has 13 heavy (non-hydrogen) atoms. The van der Waals surface area contributed by atoms with Crippen molar-refractivity contribution in [2.75, 3.05) is 19.6 Å². The Balaban J connectivity index is 3.94. The molecular weight excluding hydrogens is 183 g/mol. The second kappa shape index (κ2) is 5.44. The molecule has 80 valence electrons. The molecule has 0 saturated carbocycles. The Morgan fingerprint density at radius 2 is 1.92 bits per heavy atom. The highest BCUT2D eigenvalue weighted by atomic mass is 19.4. The van der Waals surface area contributed by atoms with Gasteiger partial charge in [-0.2, -0.15) is 13.2 Å². The van der Waals surface area contributed by atoms with Crippen molar-refractivity contribution in [1.82, 2.24) is 4.90 Å². The zero-order valence-electron chi connectivity index (χ0n) is 7.93. The fraction of sp³-hybridized carbons (Fsp3) is 1.00. The summed E-state index contributed by atoms with van der Waals surface area (Å²) in [6, 6.07) is 0. The Morgan fingerprint density at radius 3 is 2.23 bits per heavy atom. The topological polar surface area (TPSA) is 23.5 Å². The standard InChI is InChI=1S/C8H16F3NO/c1-3-4-12(5-7(2)13)6-8(9,10)11/h7,13H,3-6H2,1-2H3. The van der Waals surface area contributed by atoms with Crippen LogP contribution in [-0.4, -0.2) is 41.9 Å². The number of alkyl halides is 3. The normalized spacial score (nSPS) is 15.0. The summed E-state index contributed by atoms with van der Waals surface area (Å²) >= 11 is 0. The second-order valence-electron chi connectivity index (χ2n) is 3.20. The van der Waals surface area contributed by atoms with E-state index in [0.717, 1.165) is 0 Å². The maximum atomic E-state index is 12.0. The van der Waals surface area contributed by atoms with Gasteiger partial charge in [0.15, 0.2) is 0 Å². The van der Waals surface area contributed by atoms with Crippen molar-refractivity contribution in [3.8, 4) is 0 Å². The van der Waals surface area contributed by atoms with E-state index in [9.17, 15) is 13.2 Å². The van der Waals surface area contributed by atoms with E-state index in [0.29, 0.717) is 13.0 Å². The molecule has 0 aromatic heterocycles. The van der Waals surface area contributed by atoms with Crippen molar-refractivity contribution in [2.24, 2.45) is 0 Å². The summed E-state index contributed by atoms with van der Waals surface area (Å²) in [4.78, 5) is 1.21. The SMILES string of the molecule is CCCN(CC(C)O)CC(F)(F)F. The van der Waals surface area contributed by atoms with Gasteiger partial charge in [-0.1, -0.05) is 6.92 Å². The van der Waals surface area contributed by atoms with Gasteiger partial charge in [-0.15, -0.1) is 0 Å². The van der Waals surface area contributed by atoms with Gasteiger partial charge >= 0.3 is 6.18 Å². The zero-order chi connectivity index (χ0) is 10.5. The van der Waals surface area contributed by atoms with Crippen LogP contribution in [0.1, 0.15) is 20.3 Å². The molecule has 5 heteroatoms. The molecule has 0 heterocycles. The van der Waals surface area contributed by atoms with E-state index < -0.39 is 18.8 Å². The highest BCUT2D eigenvalue weighted by Crippen LogP contribution is 2.16. The molecule has 1 atom stereocenters. The van der Waals surface area contributed by atoms with Crippen molar-refractivity contribution < 1.29 is 18.3 Å². The maximum absolute atomic E-state index is 12.0. The second-order valence-corrected chi connectivity index (χ2v) is 3.20. The molecule has 0 bridgehead atoms. The quantitative estimate of drug-likeness (QED) is 0.727. The van der Waals surface area contributed by atoms with Gasteiger partial charge in [0.05, 0.1) is 12.6 Å². The summed E-state index contributed by atoms with van der Waals surface area (Å²) in [7, 11) is 0. The molecular formula is C8H16F3NO. The highest BCUT2D eigenvalue weighted by Gasteiger charge is 2.30. The summed E-state index contributed by atoms with van der Waals surface area (Å²) in [6.45, 7) is 2.80. The lowest BCUT2D eigenvalue weighted by Gasteiger charge is -2.24. The van der Waals surface area contributed by atoms with E-state index in [-0.39, 0.29) is 6.54 Å². The minimum Gasteiger partial charge on any atom is -0.392 e. The zero-order valence-corrected chi connectivity index (χ0v) is 7.93. The summed E-state index contributed by atoms with van der Waals surface area (Å²) in [5.74, 6) is 0. The van der Waals surface area contributed by atoms with Crippen LogP contribution < -0.4 is 0 Å². The van der Waals surface area contributed by atoms with Crippen molar-refractivity contribution in [3.63, 3.8) is 0 Å². The van der Waals surface area contributed by atoms with Crippen LogP contribution in [-0.2, 0) is 0 Å². The molecule has 0 amide bonds. The van der Waals surface area contributed by atoms with Crippen LogP contribution in [0.2, 0.25) is 0 Å². The average molecular weight is 199 g/mol. The first-order valence-corrected chi connectivity index (χ1v) is 4.32. The molecule has 0 aliphatic carbocycles. The molecule has 0 aromatic carbocycles. The summed E-state index contributed by atoms with van der Waals surface area (Å²) < 4.78 is 35.9. The van der Waals surface area contributed by atoms with Crippen molar-refractivity contribution in [1.29, 1.82) is 0 Å². The fourth-order valence-electron chi connectivity index (χ4n) is 1.18. The number of halogens is 3. The number of aliphatic hydroxyl groups is 1. The number of hydrogen-bond donors (Lipinski definition) is 1. The van der Waals surface area contributed by atoms with Crippen molar-refractivity contribution in [3.05, 3.63) is 0 Å². The van der Waals surface area contributed by atoms with Crippen molar-refractivity contribution in [2.45, 2.75) is 32.5 Å². The predicted octanol–water partition coefficient (Wildman–Crippen LogP) is 1.64. The largest absolute Gasteiger partial charge is 0.401 e. The third-order valence-electron chi connectivity index (χ3n) is 1.47. The molecule has 1 unspecified atom stereocenters. The number of rotatable bonds is 5. The average Bonchev–Trinajstić information content (AvgIpc) is 1.81. The molecule has 2 nitrogen and oxygen atoms in total. The van der Waals surface area contributed by atoms with Gasteiger partial charge in [-0.3, -0.25) is 4.90 Å². The predicted molar refractivity (Wildman–Crippen MR) is 44.5 cm³/mol. The van der Waals surface area contributed by atoms with Gasteiger partial charge in [0.1, 0.15) is 0 Å². The van der Waals surface area contributed by atoms with E-state index in [1.54, 1.807) is 0 Å². The molecule has 0 aliphatic rings. The minimum absolute atomic E-state index is 0.0767. The third kappa shape index (κ3) is 8.05. The summed E-state index contributed by atoms with van der Waals surface area (Å²) in [6.07, 6.45) is -4.23. The number of aliphatic hydroxyl groups excluding tert-OH is 1.